The van der Waals surface area contributed by atoms with Gasteiger partial charge < -0.3 is 20.0 Å². The second-order valence-corrected chi connectivity index (χ2v) is 7.13. The van der Waals surface area contributed by atoms with E-state index in [0.29, 0.717) is 52.0 Å². The van der Waals surface area contributed by atoms with Crippen molar-refractivity contribution in [2.24, 2.45) is 0 Å². The number of β-amino-alcohol motifs (C(OH)–C–C–N with tert-alkyl or cyclic N) is 1. The van der Waals surface area contributed by atoms with E-state index in [1.165, 1.54) is 0 Å². The van der Waals surface area contributed by atoms with Crippen LogP contribution in [0.15, 0.2) is 0 Å². The van der Waals surface area contributed by atoms with Gasteiger partial charge in [-0.1, -0.05) is 0 Å². The molecule has 0 aromatic heterocycles. The molecule has 0 aromatic rings. The minimum atomic E-state index is -0.968. The highest BCUT2D eigenvalue weighted by molar-refractivity contribution is 5.80. The highest BCUT2D eigenvalue weighted by Crippen LogP contribution is 2.24. The fourth-order valence-electron chi connectivity index (χ4n) is 3.60. The van der Waals surface area contributed by atoms with Crippen molar-refractivity contribution in [3.8, 4) is 0 Å². The average molecular weight is 355 g/mol. The summed E-state index contributed by atoms with van der Waals surface area (Å²) in [5.74, 6) is -1.03. The molecule has 0 spiro atoms. The quantitative estimate of drug-likeness (QED) is 0.706. The highest BCUT2D eigenvalue weighted by Gasteiger charge is 2.34. The average Bonchev–Trinajstić information content (AvgIpc) is 2.75. The van der Waals surface area contributed by atoms with Crippen molar-refractivity contribution < 1.29 is 24.6 Å². The smallest absolute Gasteiger partial charge is 0.303 e. The fraction of sp³-hybridized carbons (Fsp3) is 0.824. The Morgan fingerprint density at radius 3 is 2.20 bits per heavy atom. The second kappa shape index (κ2) is 8.62. The molecule has 2 saturated heterocycles. The van der Waals surface area contributed by atoms with Crippen LogP contribution < -0.4 is 0 Å². The van der Waals surface area contributed by atoms with Gasteiger partial charge in [-0.25, -0.2) is 0 Å². The van der Waals surface area contributed by atoms with Crippen molar-refractivity contribution in [2.45, 2.75) is 44.6 Å². The van der Waals surface area contributed by atoms with Gasteiger partial charge in [-0.2, -0.15) is 0 Å². The highest BCUT2D eigenvalue weighted by atomic mass is 16.4. The van der Waals surface area contributed by atoms with E-state index in [4.69, 9.17) is 5.11 Å². The second-order valence-electron chi connectivity index (χ2n) is 7.13. The molecule has 8 nitrogen and oxygen atoms in total. The summed E-state index contributed by atoms with van der Waals surface area (Å²) in [7, 11) is 0. The summed E-state index contributed by atoms with van der Waals surface area (Å²) in [6.45, 7) is 6.03. The predicted octanol–water partition coefficient (Wildman–Crippen LogP) is -0.241. The van der Waals surface area contributed by atoms with Gasteiger partial charge in [0.15, 0.2) is 0 Å². The number of piperazine rings is 1. The lowest BCUT2D eigenvalue weighted by atomic mass is 9.94. The third kappa shape index (κ3) is 5.97. The van der Waals surface area contributed by atoms with Crippen LogP contribution in [0.2, 0.25) is 0 Å². The largest absolute Gasteiger partial charge is 0.481 e. The summed E-state index contributed by atoms with van der Waals surface area (Å²) in [6.07, 6.45) is 1.70. The molecule has 0 aliphatic carbocycles. The lowest BCUT2D eigenvalue weighted by Gasteiger charge is -2.39. The van der Waals surface area contributed by atoms with Crippen molar-refractivity contribution in [3.63, 3.8) is 0 Å². The number of carbonyl (C=O) groups is 3. The van der Waals surface area contributed by atoms with Gasteiger partial charge in [-0.05, 0) is 19.3 Å². The van der Waals surface area contributed by atoms with E-state index in [0.717, 1.165) is 13.1 Å². The van der Waals surface area contributed by atoms with Crippen LogP contribution in [0.1, 0.15) is 39.0 Å². The molecule has 2 heterocycles. The van der Waals surface area contributed by atoms with Crippen molar-refractivity contribution >= 4 is 17.8 Å². The molecule has 0 unspecified atom stereocenters. The van der Waals surface area contributed by atoms with Gasteiger partial charge in [0.1, 0.15) is 0 Å². The van der Waals surface area contributed by atoms with E-state index < -0.39 is 11.6 Å². The van der Waals surface area contributed by atoms with Gasteiger partial charge in [0.2, 0.25) is 11.8 Å². The van der Waals surface area contributed by atoms with E-state index in [2.05, 4.69) is 4.90 Å². The van der Waals surface area contributed by atoms with E-state index in [9.17, 15) is 19.5 Å². The summed E-state index contributed by atoms with van der Waals surface area (Å²) in [5, 5.41) is 19.6. The van der Waals surface area contributed by atoms with Crippen molar-refractivity contribution in [2.75, 3.05) is 45.8 Å². The van der Waals surface area contributed by atoms with E-state index in [-0.39, 0.29) is 24.7 Å². The monoisotopic (exact) mass is 355 g/mol. The molecule has 2 fully saturated rings. The van der Waals surface area contributed by atoms with Crippen LogP contribution in [0.5, 0.6) is 0 Å². The third-order valence-corrected chi connectivity index (χ3v) is 5.16. The van der Waals surface area contributed by atoms with Gasteiger partial charge in [-0.15, -0.1) is 0 Å². The lowest BCUT2D eigenvalue weighted by molar-refractivity contribution is -0.141. The molecule has 1 atom stereocenters. The van der Waals surface area contributed by atoms with Crippen LogP contribution in [0.4, 0.5) is 0 Å². The maximum atomic E-state index is 12.1. The van der Waals surface area contributed by atoms with Gasteiger partial charge in [-0.3, -0.25) is 19.3 Å². The number of rotatable bonds is 5. The van der Waals surface area contributed by atoms with Crippen LogP contribution in [0, 0.1) is 0 Å². The Balaban J connectivity index is 1.81. The zero-order chi connectivity index (χ0) is 18.4. The minimum Gasteiger partial charge on any atom is -0.481 e. The zero-order valence-corrected chi connectivity index (χ0v) is 14.9. The SMILES string of the molecule is CC(=O)N1CCN(C[C@]2(O)CCCN(C(=O)CCC(=O)O)CC2)CC1. The Kier molecular flexibility index (Phi) is 6.78. The first-order valence-corrected chi connectivity index (χ1v) is 8.99. The molecule has 2 rings (SSSR count). The molecule has 0 aromatic carbocycles. The number of hydrogen-bond donors (Lipinski definition) is 2. The zero-order valence-electron chi connectivity index (χ0n) is 14.9. The van der Waals surface area contributed by atoms with Crippen LogP contribution in [0.3, 0.4) is 0 Å². The van der Waals surface area contributed by atoms with Gasteiger partial charge >= 0.3 is 5.97 Å². The number of carboxylic acid groups (broad SMARTS) is 1. The number of hydrogen-bond acceptors (Lipinski definition) is 5. The maximum Gasteiger partial charge on any atom is 0.303 e. The number of carbonyl (C=O) groups excluding carboxylic acids is 2. The normalized spacial score (nSPS) is 25.5. The topological polar surface area (TPSA) is 101 Å². The number of carboxylic acids is 1. The molecule has 0 saturated carbocycles. The Morgan fingerprint density at radius 1 is 0.920 bits per heavy atom. The van der Waals surface area contributed by atoms with Crippen molar-refractivity contribution in [1.82, 2.24) is 14.7 Å². The van der Waals surface area contributed by atoms with Gasteiger partial charge in [0.05, 0.1) is 12.0 Å². The lowest BCUT2D eigenvalue weighted by Crippen LogP contribution is -2.53. The minimum absolute atomic E-state index is 0.0147. The summed E-state index contributed by atoms with van der Waals surface area (Å²) >= 11 is 0. The summed E-state index contributed by atoms with van der Waals surface area (Å²) in [6, 6.07) is 0. The Bertz CT molecular complexity index is 505. The number of aliphatic hydroxyl groups is 1. The summed E-state index contributed by atoms with van der Waals surface area (Å²) in [4.78, 5) is 39.7. The standard InChI is InChI=1S/C17H29N3O5/c1-14(21)19-11-9-18(10-12-19)13-17(25)5-2-7-20(8-6-17)15(22)3-4-16(23)24/h25H,2-13H2,1H3,(H,23,24)/t17-/m0/s1. The predicted molar refractivity (Wildman–Crippen MR) is 90.9 cm³/mol. The molecular formula is C17H29N3O5. The third-order valence-electron chi connectivity index (χ3n) is 5.16. The molecule has 2 N–H and O–H groups in total. The molecule has 2 aliphatic rings. The van der Waals surface area contributed by atoms with E-state index in [1.807, 2.05) is 4.90 Å². The van der Waals surface area contributed by atoms with Crippen molar-refractivity contribution in [3.05, 3.63) is 0 Å². The Labute approximate surface area is 148 Å². The first kappa shape index (κ1) is 19.7. The van der Waals surface area contributed by atoms with E-state index >= 15 is 0 Å². The van der Waals surface area contributed by atoms with Gasteiger partial charge in [0.25, 0.3) is 0 Å². The number of likely N-dealkylation sites (tertiary alicyclic amines) is 1. The van der Waals surface area contributed by atoms with Gasteiger partial charge in [0, 0.05) is 59.2 Å². The summed E-state index contributed by atoms with van der Waals surface area (Å²) in [5.41, 5.74) is -0.833. The first-order chi connectivity index (χ1) is 11.8. The first-order valence-electron chi connectivity index (χ1n) is 8.99. The van der Waals surface area contributed by atoms with E-state index in [1.54, 1.807) is 11.8 Å². The molecule has 2 aliphatic heterocycles. The summed E-state index contributed by atoms with van der Waals surface area (Å²) < 4.78 is 0. The molecule has 0 radical (unpaired) electrons. The molecule has 8 heteroatoms. The van der Waals surface area contributed by atoms with Crippen LogP contribution in [-0.4, -0.2) is 94.1 Å². The van der Waals surface area contributed by atoms with Crippen LogP contribution >= 0.6 is 0 Å². The number of amides is 2. The fourth-order valence-corrected chi connectivity index (χ4v) is 3.60. The molecular weight excluding hydrogens is 326 g/mol. The van der Waals surface area contributed by atoms with Crippen LogP contribution in [0.25, 0.3) is 0 Å². The Morgan fingerprint density at radius 2 is 1.60 bits per heavy atom. The number of aliphatic carboxylic acids is 1. The van der Waals surface area contributed by atoms with Crippen molar-refractivity contribution in [1.29, 1.82) is 0 Å². The maximum absolute atomic E-state index is 12.1. The van der Waals surface area contributed by atoms with Crippen LogP contribution in [-0.2, 0) is 14.4 Å². The molecule has 142 valence electrons. The molecule has 2 amide bonds. The molecule has 0 bridgehead atoms. The Hall–Kier alpha value is -1.67. The molecule has 25 heavy (non-hydrogen) atoms. The number of nitrogens with zero attached hydrogens (tertiary/aromatic N) is 3.